The van der Waals surface area contributed by atoms with E-state index in [1.165, 1.54) is 18.4 Å². The molecule has 1 fully saturated rings. The normalized spacial score (nSPS) is 16.3. The van der Waals surface area contributed by atoms with Crippen LogP contribution in [0.5, 0.6) is 0 Å². The molecule has 2 aromatic heterocycles. The highest BCUT2D eigenvalue weighted by Crippen LogP contribution is 2.19. The molecule has 0 unspecified atom stereocenters. The van der Waals surface area contributed by atoms with Crippen LogP contribution in [0.15, 0.2) is 24.7 Å². The molecule has 2 heterocycles. The Labute approximate surface area is 82.0 Å². The molecule has 0 saturated heterocycles. The molecule has 0 spiro atoms. The summed E-state index contributed by atoms with van der Waals surface area (Å²) in [4.78, 5) is 4.30. The molecule has 72 valence electrons. The lowest BCUT2D eigenvalue weighted by Crippen LogP contribution is -2.15. The molecule has 4 heteroatoms. The first-order valence-corrected chi connectivity index (χ1v) is 4.93. The van der Waals surface area contributed by atoms with Crippen molar-refractivity contribution in [3.05, 3.63) is 30.2 Å². The number of fused-ring (bicyclic) bond motifs is 1. The van der Waals surface area contributed by atoms with Crippen LogP contribution < -0.4 is 5.32 Å². The third-order valence-electron chi connectivity index (χ3n) is 2.47. The van der Waals surface area contributed by atoms with E-state index in [0.29, 0.717) is 0 Å². The Balaban J connectivity index is 1.81. The zero-order chi connectivity index (χ0) is 9.38. The average Bonchev–Trinajstić information content (AvgIpc) is 2.92. The maximum atomic E-state index is 4.30. The molecule has 0 aliphatic heterocycles. The molecule has 3 rings (SSSR count). The Morgan fingerprint density at radius 1 is 1.50 bits per heavy atom. The maximum Gasteiger partial charge on any atom is 0.154 e. The fourth-order valence-electron chi connectivity index (χ4n) is 1.49. The van der Waals surface area contributed by atoms with E-state index in [1.807, 2.05) is 23.0 Å². The molecular formula is C10H12N4. The minimum absolute atomic E-state index is 0.739. The first-order valence-electron chi connectivity index (χ1n) is 4.93. The monoisotopic (exact) mass is 188 g/mol. The van der Waals surface area contributed by atoms with Crippen LogP contribution in [0.3, 0.4) is 0 Å². The van der Waals surface area contributed by atoms with Crippen molar-refractivity contribution in [3.8, 4) is 0 Å². The van der Waals surface area contributed by atoms with Crippen LogP contribution >= 0.6 is 0 Å². The highest BCUT2D eigenvalue weighted by atomic mass is 15.2. The van der Waals surface area contributed by atoms with E-state index in [1.54, 1.807) is 6.20 Å². The summed E-state index contributed by atoms with van der Waals surface area (Å²) >= 11 is 0. The van der Waals surface area contributed by atoms with Crippen molar-refractivity contribution in [3.63, 3.8) is 0 Å². The van der Waals surface area contributed by atoms with Crippen LogP contribution in [0, 0.1) is 0 Å². The average molecular weight is 188 g/mol. The highest BCUT2D eigenvalue weighted by Gasteiger charge is 2.19. The lowest BCUT2D eigenvalue weighted by Gasteiger charge is -2.02. The summed E-state index contributed by atoms with van der Waals surface area (Å²) in [7, 11) is 0. The van der Waals surface area contributed by atoms with Crippen LogP contribution in [0.4, 0.5) is 0 Å². The smallest absolute Gasteiger partial charge is 0.154 e. The van der Waals surface area contributed by atoms with Crippen molar-refractivity contribution >= 4 is 5.65 Å². The number of nitrogens with one attached hydrogen (secondary N) is 1. The molecule has 14 heavy (non-hydrogen) atoms. The molecule has 1 N–H and O–H groups in total. The summed E-state index contributed by atoms with van der Waals surface area (Å²) in [5.74, 6) is 0. The predicted molar refractivity (Wildman–Crippen MR) is 52.8 cm³/mol. The molecule has 2 aromatic rings. The first-order chi connectivity index (χ1) is 6.92. The van der Waals surface area contributed by atoms with Gasteiger partial charge in [0.1, 0.15) is 0 Å². The van der Waals surface area contributed by atoms with Gasteiger partial charge in [0.15, 0.2) is 5.65 Å². The van der Waals surface area contributed by atoms with Crippen molar-refractivity contribution in [2.24, 2.45) is 0 Å². The second-order valence-corrected chi connectivity index (χ2v) is 3.75. The summed E-state index contributed by atoms with van der Waals surface area (Å²) in [6.45, 7) is 0.896. The standard InChI is InChI=1S/C10H12N4/c1-2-9(1)11-5-8-6-12-10-3-4-13-14(10)7-8/h3-4,6-7,9,11H,1-2,5H2. The van der Waals surface area contributed by atoms with Gasteiger partial charge < -0.3 is 5.32 Å². The molecule has 0 bridgehead atoms. The second kappa shape index (κ2) is 3.06. The molecule has 1 aliphatic rings. The highest BCUT2D eigenvalue weighted by molar-refractivity contribution is 5.35. The van der Waals surface area contributed by atoms with Gasteiger partial charge in [0.25, 0.3) is 0 Å². The van der Waals surface area contributed by atoms with Gasteiger partial charge in [0, 0.05) is 36.6 Å². The van der Waals surface area contributed by atoms with Crippen molar-refractivity contribution < 1.29 is 0 Å². The zero-order valence-corrected chi connectivity index (χ0v) is 7.85. The third-order valence-corrected chi connectivity index (χ3v) is 2.47. The van der Waals surface area contributed by atoms with E-state index in [-0.39, 0.29) is 0 Å². The third kappa shape index (κ3) is 1.48. The van der Waals surface area contributed by atoms with Crippen LogP contribution in [-0.4, -0.2) is 20.6 Å². The number of hydrogen-bond acceptors (Lipinski definition) is 3. The molecular weight excluding hydrogens is 176 g/mol. The van der Waals surface area contributed by atoms with E-state index in [0.717, 1.165) is 18.2 Å². The van der Waals surface area contributed by atoms with Gasteiger partial charge in [-0.15, -0.1) is 0 Å². The fraction of sp³-hybridized carbons (Fsp3) is 0.400. The van der Waals surface area contributed by atoms with Gasteiger partial charge >= 0.3 is 0 Å². The van der Waals surface area contributed by atoms with Gasteiger partial charge in [-0.3, -0.25) is 0 Å². The Morgan fingerprint density at radius 2 is 2.43 bits per heavy atom. The summed E-state index contributed by atoms with van der Waals surface area (Å²) < 4.78 is 1.81. The minimum Gasteiger partial charge on any atom is -0.310 e. The second-order valence-electron chi connectivity index (χ2n) is 3.75. The summed E-state index contributed by atoms with van der Waals surface area (Å²) in [5, 5.41) is 7.60. The summed E-state index contributed by atoms with van der Waals surface area (Å²) in [6, 6.07) is 2.64. The number of rotatable bonds is 3. The van der Waals surface area contributed by atoms with Crippen LogP contribution in [-0.2, 0) is 6.54 Å². The predicted octanol–water partition coefficient (Wildman–Crippen LogP) is 0.981. The Hall–Kier alpha value is -1.42. The lowest BCUT2D eigenvalue weighted by atomic mass is 10.3. The quantitative estimate of drug-likeness (QED) is 0.780. The van der Waals surface area contributed by atoms with E-state index in [4.69, 9.17) is 0 Å². The largest absolute Gasteiger partial charge is 0.310 e. The van der Waals surface area contributed by atoms with Crippen molar-refractivity contribution in [1.82, 2.24) is 19.9 Å². The van der Waals surface area contributed by atoms with Crippen LogP contribution in [0.2, 0.25) is 0 Å². The van der Waals surface area contributed by atoms with Gasteiger partial charge in [0.2, 0.25) is 0 Å². The molecule has 1 aliphatic carbocycles. The van der Waals surface area contributed by atoms with Crippen LogP contribution in [0.25, 0.3) is 5.65 Å². The van der Waals surface area contributed by atoms with Crippen molar-refractivity contribution in [1.29, 1.82) is 0 Å². The van der Waals surface area contributed by atoms with Crippen molar-refractivity contribution in [2.75, 3.05) is 0 Å². The molecule has 0 atom stereocenters. The van der Waals surface area contributed by atoms with Crippen LogP contribution in [0.1, 0.15) is 18.4 Å². The van der Waals surface area contributed by atoms with E-state index >= 15 is 0 Å². The zero-order valence-electron chi connectivity index (χ0n) is 7.85. The summed E-state index contributed by atoms with van der Waals surface area (Å²) in [5.41, 5.74) is 2.09. The van der Waals surface area contributed by atoms with Gasteiger partial charge in [-0.2, -0.15) is 5.10 Å². The molecule has 4 nitrogen and oxygen atoms in total. The van der Waals surface area contributed by atoms with Gasteiger partial charge in [-0.25, -0.2) is 9.50 Å². The Bertz CT molecular complexity index is 444. The van der Waals surface area contributed by atoms with Gasteiger partial charge in [0.05, 0.1) is 6.20 Å². The molecule has 1 saturated carbocycles. The topological polar surface area (TPSA) is 42.2 Å². The molecule has 0 aromatic carbocycles. The van der Waals surface area contributed by atoms with E-state index in [9.17, 15) is 0 Å². The Morgan fingerprint density at radius 3 is 3.29 bits per heavy atom. The number of nitrogens with zero attached hydrogens (tertiary/aromatic N) is 3. The van der Waals surface area contributed by atoms with E-state index in [2.05, 4.69) is 15.4 Å². The van der Waals surface area contributed by atoms with Crippen molar-refractivity contribution in [2.45, 2.75) is 25.4 Å². The molecule has 0 radical (unpaired) electrons. The summed E-state index contributed by atoms with van der Waals surface area (Å²) in [6.07, 6.45) is 8.33. The van der Waals surface area contributed by atoms with Gasteiger partial charge in [-0.1, -0.05) is 0 Å². The van der Waals surface area contributed by atoms with E-state index < -0.39 is 0 Å². The first kappa shape index (κ1) is 7.94. The van der Waals surface area contributed by atoms with Gasteiger partial charge in [-0.05, 0) is 12.8 Å². The number of aromatic nitrogens is 3. The lowest BCUT2D eigenvalue weighted by molar-refractivity contribution is 0.680. The Kier molecular flexibility index (Phi) is 1.73. The molecule has 0 amide bonds. The SMILES string of the molecule is c1cc2ncc(CNC3CC3)cn2n1. The minimum atomic E-state index is 0.739. The maximum absolute atomic E-state index is 4.30. The fourth-order valence-corrected chi connectivity index (χ4v) is 1.49. The number of hydrogen-bond donors (Lipinski definition) is 1.